The van der Waals surface area contributed by atoms with Gasteiger partial charge in [0.15, 0.2) is 0 Å². The maximum Gasteiger partial charge on any atom is 0.270 e. The Hall–Kier alpha value is -3.13. The minimum Gasteiger partial charge on any atom is -0.348 e. The van der Waals surface area contributed by atoms with Crippen molar-refractivity contribution in [3.8, 4) is 0 Å². The van der Waals surface area contributed by atoms with Gasteiger partial charge in [0.1, 0.15) is 11.3 Å². The molecule has 1 aromatic heterocycles. The average Bonchev–Trinajstić information content (AvgIpc) is 3.18. The Morgan fingerprint density at radius 3 is 2.39 bits per heavy atom. The zero-order valence-corrected chi connectivity index (χ0v) is 17.7. The van der Waals surface area contributed by atoms with E-state index >= 15 is 0 Å². The van der Waals surface area contributed by atoms with Gasteiger partial charge in [-0.05, 0) is 36.2 Å². The van der Waals surface area contributed by atoms with Crippen LogP contribution in [0.25, 0.3) is 0 Å². The largest absolute Gasteiger partial charge is 0.348 e. The molecule has 31 heavy (non-hydrogen) atoms. The van der Waals surface area contributed by atoms with Gasteiger partial charge in [-0.25, -0.2) is 0 Å². The van der Waals surface area contributed by atoms with Crippen molar-refractivity contribution in [3.63, 3.8) is 0 Å². The summed E-state index contributed by atoms with van der Waals surface area (Å²) >= 11 is 5.86. The van der Waals surface area contributed by atoms with Gasteiger partial charge in [-0.1, -0.05) is 23.7 Å². The van der Waals surface area contributed by atoms with Crippen LogP contribution >= 0.6 is 11.6 Å². The topological polar surface area (TPSA) is 91.7 Å². The first-order valence-corrected chi connectivity index (χ1v) is 10.7. The van der Waals surface area contributed by atoms with Crippen molar-refractivity contribution >= 4 is 29.3 Å². The summed E-state index contributed by atoms with van der Waals surface area (Å²) in [7, 11) is 0. The molecule has 2 aromatic rings. The molecule has 1 N–H and O–H groups in total. The molecule has 2 aliphatic rings. The van der Waals surface area contributed by atoms with Gasteiger partial charge in [0.2, 0.25) is 5.91 Å². The average molecular weight is 443 g/mol. The number of rotatable bonds is 6. The Kier molecular flexibility index (Phi) is 6.08. The van der Waals surface area contributed by atoms with Crippen molar-refractivity contribution in [3.05, 3.63) is 68.6 Å². The number of carbonyl (C=O) groups excluding carboxylic acids is 3. The minimum atomic E-state index is -0.488. The lowest BCUT2D eigenvalue weighted by Gasteiger charge is -2.31. The second kappa shape index (κ2) is 8.93. The fourth-order valence-electron chi connectivity index (χ4n) is 3.92. The summed E-state index contributed by atoms with van der Waals surface area (Å²) in [5.41, 5.74) is 0.645. The van der Waals surface area contributed by atoms with E-state index in [0.29, 0.717) is 37.6 Å². The third-order valence-corrected chi connectivity index (χ3v) is 5.95. The van der Waals surface area contributed by atoms with E-state index in [9.17, 15) is 19.2 Å². The maximum atomic E-state index is 12.8. The number of fused-ring (bicyclic) bond motifs is 1. The lowest BCUT2D eigenvalue weighted by Crippen LogP contribution is -2.48. The fraction of sp³-hybridized carbons (Fsp3) is 0.364. The summed E-state index contributed by atoms with van der Waals surface area (Å²) in [5, 5.41) is 3.34. The van der Waals surface area contributed by atoms with Crippen molar-refractivity contribution in [2.75, 3.05) is 26.2 Å². The molecule has 1 fully saturated rings. The van der Waals surface area contributed by atoms with Crippen molar-refractivity contribution in [1.29, 1.82) is 0 Å². The molecule has 1 aromatic carbocycles. The molecule has 0 unspecified atom stereocenters. The first kappa shape index (κ1) is 21.1. The van der Waals surface area contributed by atoms with Gasteiger partial charge in [0.25, 0.3) is 17.4 Å². The predicted molar refractivity (Wildman–Crippen MR) is 115 cm³/mol. The van der Waals surface area contributed by atoms with E-state index in [1.54, 1.807) is 34.1 Å². The summed E-state index contributed by atoms with van der Waals surface area (Å²) in [6, 6.07) is 9.98. The quantitative estimate of drug-likeness (QED) is 0.734. The SMILES string of the molecule is O=C(NCc1ccc(Cl)cc1)c1ccc2n(c1=O)CCN(CCN1CCCC1=O)C2=O. The number of likely N-dealkylation sites (tertiary alicyclic amines) is 1. The standard InChI is InChI=1S/C22H23ClN4O4/c23-16-5-3-15(4-6-16)14-24-20(29)17-7-8-18-22(31)26(12-13-27(18)21(17)30)11-10-25-9-1-2-19(25)28/h3-8H,1-2,9-14H2,(H,24,29). The fourth-order valence-corrected chi connectivity index (χ4v) is 4.05. The normalized spacial score (nSPS) is 15.9. The van der Waals surface area contributed by atoms with Gasteiger partial charge in [0, 0.05) is 50.7 Å². The molecular weight excluding hydrogens is 420 g/mol. The van der Waals surface area contributed by atoms with Gasteiger partial charge < -0.3 is 19.7 Å². The van der Waals surface area contributed by atoms with E-state index in [1.165, 1.54) is 16.7 Å². The zero-order chi connectivity index (χ0) is 22.0. The Bertz CT molecular complexity index is 1080. The van der Waals surface area contributed by atoms with Crippen LogP contribution in [-0.2, 0) is 17.9 Å². The summed E-state index contributed by atoms with van der Waals surface area (Å²) in [6.07, 6.45) is 1.42. The molecule has 1 saturated heterocycles. The van der Waals surface area contributed by atoms with Crippen molar-refractivity contribution < 1.29 is 14.4 Å². The Labute approximate surface area is 184 Å². The molecule has 3 heterocycles. The van der Waals surface area contributed by atoms with E-state index < -0.39 is 11.5 Å². The third-order valence-electron chi connectivity index (χ3n) is 5.70. The Balaban J connectivity index is 1.42. The second-order valence-electron chi connectivity index (χ2n) is 7.67. The lowest BCUT2D eigenvalue weighted by atomic mass is 10.1. The van der Waals surface area contributed by atoms with Crippen LogP contribution in [0.4, 0.5) is 0 Å². The number of amides is 3. The number of carbonyl (C=O) groups is 3. The number of hydrogen-bond acceptors (Lipinski definition) is 4. The van der Waals surface area contributed by atoms with Gasteiger partial charge in [0.05, 0.1) is 0 Å². The number of pyridine rings is 1. The number of nitrogens with one attached hydrogen (secondary N) is 1. The van der Waals surface area contributed by atoms with Crippen molar-refractivity contribution in [1.82, 2.24) is 19.7 Å². The van der Waals surface area contributed by atoms with Crippen LogP contribution in [0.2, 0.25) is 5.02 Å². The molecule has 3 amide bonds. The van der Waals surface area contributed by atoms with Gasteiger partial charge in [-0.15, -0.1) is 0 Å². The molecule has 162 valence electrons. The Morgan fingerprint density at radius 2 is 1.68 bits per heavy atom. The highest BCUT2D eigenvalue weighted by molar-refractivity contribution is 6.30. The minimum absolute atomic E-state index is 0.00151. The maximum absolute atomic E-state index is 12.8. The summed E-state index contributed by atoms with van der Waals surface area (Å²) < 4.78 is 1.36. The lowest BCUT2D eigenvalue weighted by molar-refractivity contribution is -0.127. The number of aromatic nitrogens is 1. The first-order chi connectivity index (χ1) is 14.9. The van der Waals surface area contributed by atoms with Crippen LogP contribution in [0.1, 0.15) is 39.3 Å². The molecule has 4 rings (SSSR count). The van der Waals surface area contributed by atoms with Crippen LogP contribution in [0.3, 0.4) is 0 Å². The van der Waals surface area contributed by atoms with E-state index in [1.807, 2.05) is 0 Å². The smallest absolute Gasteiger partial charge is 0.270 e. The first-order valence-electron chi connectivity index (χ1n) is 10.3. The van der Waals surface area contributed by atoms with Crippen LogP contribution in [-0.4, -0.2) is 58.3 Å². The molecule has 0 bridgehead atoms. The van der Waals surface area contributed by atoms with Gasteiger partial charge >= 0.3 is 0 Å². The summed E-state index contributed by atoms with van der Waals surface area (Å²) in [4.78, 5) is 53.4. The van der Waals surface area contributed by atoms with Crippen LogP contribution in [0.5, 0.6) is 0 Å². The molecule has 0 atom stereocenters. The number of nitrogens with zero attached hydrogens (tertiary/aromatic N) is 3. The Morgan fingerprint density at radius 1 is 0.935 bits per heavy atom. The van der Waals surface area contributed by atoms with E-state index in [4.69, 9.17) is 11.6 Å². The molecule has 0 saturated carbocycles. The molecule has 0 aliphatic carbocycles. The molecule has 0 radical (unpaired) electrons. The molecule has 8 nitrogen and oxygen atoms in total. The highest BCUT2D eigenvalue weighted by Gasteiger charge is 2.28. The summed E-state index contributed by atoms with van der Waals surface area (Å²) in [6.45, 7) is 2.60. The van der Waals surface area contributed by atoms with Crippen LogP contribution in [0.15, 0.2) is 41.2 Å². The van der Waals surface area contributed by atoms with E-state index in [-0.39, 0.29) is 29.6 Å². The highest BCUT2D eigenvalue weighted by atomic mass is 35.5. The van der Waals surface area contributed by atoms with Crippen molar-refractivity contribution in [2.45, 2.75) is 25.9 Å². The van der Waals surface area contributed by atoms with E-state index in [2.05, 4.69) is 5.32 Å². The number of hydrogen-bond donors (Lipinski definition) is 1. The van der Waals surface area contributed by atoms with Gasteiger partial charge in [-0.3, -0.25) is 19.2 Å². The molecular formula is C22H23ClN4O4. The zero-order valence-electron chi connectivity index (χ0n) is 17.0. The number of halogens is 1. The molecule has 2 aliphatic heterocycles. The van der Waals surface area contributed by atoms with E-state index in [0.717, 1.165) is 18.5 Å². The highest BCUT2D eigenvalue weighted by Crippen LogP contribution is 2.14. The van der Waals surface area contributed by atoms with Crippen LogP contribution in [0, 0.1) is 0 Å². The molecule has 9 heteroatoms. The van der Waals surface area contributed by atoms with Crippen molar-refractivity contribution in [2.24, 2.45) is 0 Å². The summed E-state index contributed by atoms with van der Waals surface area (Å²) in [5.74, 6) is -0.629. The molecule has 0 spiro atoms. The van der Waals surface area contributed by atoms with Crippen LogP contribution < -0.4 is 10.9 Å². The second-order valence-corrected chi connectivity index (χ2v) is 8.11. The predicted octanol–water partition coefficient (Wildman–Crippen LogP) is 1.51. The monoisotopic (exact) mass is 442 g/mol. The number of benzene rings is 1. The third kappa shape index (κ3) is 4.49. The van der Waals surface area contributed by atoms with Gasteiger partial charge in [-0.2, -0.15) is 0 Å².